The Bertz CT molecular complexity index is 654. The molecule has 3 rings (SSSR count). The number of nitrogens with zero attached hydrogens (tertiary/aromatic N) is 1. The number of ether oxygens (including phenoxy) is 2. The lowest BCUT2D eigenvalue weighted by atomic mass is 10.1. The van der Waals surface area contributed by atoms with Crippen LogP contribution in [-0.2, 0) is 17.8 Å². The highest BCUT2D eigenvalue weighted by Crippen LogP contribution is 2.32. The summed E-state index contributed by atoms with van der Waals surface area (Å²) in [4.78, 5) is 14.7. The van der Waals surface area contributed by atoms with Crippen LogP contribution in [0.2, 0.25) is 0 Å². The van der Waals surface area contributed by atoms with E-state index < -0.39 is 0 Å². The molecule has 1 aromatic heterocycles. The summed E-state index contributed by atoms with van der Waals surface area (Å²) in [5, 5.41) is 4.16. The normalized spacial score (nSPS) is 12.4. The maximum atomic E-state index is 12.7. The van der Waals surface area contributed by atoms with E-state index >= 15 is 0 Å². The number of hydrogen-bond acceptors (Lipinski definition) is 4. The smallest absolute Gasteiger partial charge is 0.231 e. The molecule has 2 aromatic rings. The first kappa shape index (κ1) is 15.9. The lowest BCUT2D eigenvalue weighted by Gasteiger charge is -2.22. The van der Waals surface area contributed by atoms with E-state index in [-0.39, 0.29) is 12.7 Å². The van der Waals surface area contributed by atoms with Gasteiger partial charge in [-0.25, -0.2) is 0 Å². The molecular weight excluding hydrogens is 310 g/mol. The SMILES string of the molecule is CCCCN(Cc1ccsc1)C(=O)Cc1ccc2c(c1)OCO2. The van der Waals surface area contributed by atoms with Gasteiger partial charge >= 0.3 is 0 Å². The molecule has 0 atom stereocenters. The summed E-state index contributed by atoms with van der Waals surface area (Å²) in [6.45, 7) is 3.89. The summed E-state index contributed by atoms with van der Waals surface area (Å²) in [5.41, 5.74) is 2.16. The second-order valence-corrected chi connectivity index (χ2v) is 6.44. The average Bonchev–Trinajstić information content (AvgIpc) is 3.22. The van der Waals surface area contributed by atoms with Crippen molar-refractivity contribution in [1.82, 2.24) is 4.90 Å². The van der Waals surface area contributed by atoms with E-state index in [0.29, 0.717) is 13.0 Å². The summed E-state index contributed by atoms with van der Waals surface area (Å²) < 4.78 is 10.7. The first-order chi connectivity index (χ1) is 11.3. The van der Waals surface area contributed by atoms with E-state index in [2.05, 4.69) is 23.8 Å². The zero-order chi connectivity index (χ0) is 16.1. The number of thiophene rings is 1. The van der Waals surface area contributed by atoms with Crippen molar-refractivity contribution in [2.45, 2.75) is 32.7 Å². The Kier molecular flexibility index (Phi) is 5.18. The molecule has 4 nitrogen and oxygen atoms in total. The molecule has 0 bridgehead atoms. The molecule has 0 saturated carbocycles. The van der Waals surface area contributed by atoms with Crippen molar-refractivity contribution in [1.29, 1.82) is 0 Å². The Morgan fingerprint density at radius 2 is 2.09 bits per heavy atom. The largest absolute Gasteiger partial charge is 0.454 e. The van der Waals surface area contributed by atoms with Crippen molar-refractivity contribution in [2.75, 3.05) is 13.3 Å². The van der Waals surface area contributed by atoms with Crippen molar-refractivity contribution in [3.05, 3.63) is 46.2 Å². The zero-order valence-electron chi connectivity index (χ0n) is 13.3. The molecule has 1 aliphatic rings. The summed E-state index contributed by atoms with van der Waals surface area (Å²) in [5.74, 6) is 1.64. The fourth-order valence-corrected chi connectivity index (χ4v) is 3.24. The summed E-state index contributed by atoms with van der Waals surface area (Å²) in [6.07, 6.45) is 2.50. The van der Waals surface area contributed by atoms with Crippen LogP contribution in [-0.4, -0.2) is 24.1 Å². The van der Waals surface area contributed by atoms with Crippen molar-refractivity contribution in [3.8, 4) is 11.5 Å². The Balaban J connectivity index is 1.67. The lowest BCUT2D eigenvalue weighted by molar-refractivity contribution is -0.131. The van der Waals surface area contributed by atoms with Gasteiger partial charge in [0.05, 0.1) is 6.42 Å². The number of unbranched alkanes of at least 4 members (excludes halogenated alkanes) is 1. The van der Waals surface area contributed by atoms with E-state index in [0.717, 1.165) is 36.4 Å². The van der Waals surface area contributed by atoms with Gasteiger partial charge in [-0.2, -0.15) is 11.3 Å². The standard InChI is InChI=1S/C18H21NO3S/c1-2-3-7-19(11-15-6-8-23-12-15)18(20)10-14-4-5-16-17(9-14)22-13-21-16/h4-6,8-9,12H,2-3,7,10-11,13H2,1H3. The van der Waals surface area contributed by atoms with Crippen molar-refractivity contribution < 1.29 is 14.3 Å². The molecule has 0 saturated heterocycles. The van der Waals surface area contributed by atoms with Crippen LogP contribution in [0.1, 0.15) is 30.9 Å². The number of carbonyl (C=O) groups is 1. The number of fused-ring (bicyclic) bond motifs is 1. The van der Waals surface area contributed by atoms with E-state index in [9.17, 15) is 4.79 Å². The highest BCUT2D eigenvalue weighted by Gasteiger charge is 2.18. The molecule has 0 aliphatic carbocycles. The van der Waals surface area contributed by atoms with Crippen LogP contribution < -0.4 is 9.47 Å². The van der Waals surface area contributed by atoms with E-state index in [1.165, 1.54) is 5.56 Å². The van der Waals surface area contributed by atoms with E-state index in [4.69, 9.17) is 9.47 Å². The van der Waals surface area contributed by atoms with Crippen LogP contribution in [0, 0.1) is 0 Å². The molecule has 23 heavy (non-hydrogen) atoms. The molecule has 5 heteroatoms. The van der Waals surface area contributed by atoms with Crippen LogP contribution in [0.25, 0.3) is 0 Å². The molecular formula is C18H21NO3S. The monoisotopic (exact) mass is 331 g/mol. The van der Waals surface area contributed by atoms with Crippen LogP contribution in [0.5, 0.6) is 11.5 Å². The van der Waals surface area contributed by atoms with Gasteiger partial charge in [0.2, 0.25) is 12.7 Å². The quantitative estimate of drug-likeness (QED) is 0.773. The van der Waals surface area contributed by atoms with Gasteiger partial charge in [-0.15, -0.1) is 0 Å². The van der Waals surface area contributed by atoms with Gasteiger partial charge in [0.1, 0.15) is 0 Å². The maximum Gasteiger partial charge on any atom is 0.231 e. The van der Waals surface area contributed by atoms with Gasteiger partial charge in [-0.3, -0.25) is 4.79 Å². The number of hydrogen-bond donors (Lipinski definition) is 0. The molecule has 0 unspecified atom stereocenters. The van der Waals surface area contributed by atoms with Gasteiger partial charge in [0.15, 0.2) is 11.5 Å². The lowest BCUT2D eigenvalue weighted by Crippen LogP contribution is -2.32. The predicted molar refractivity (Wildman–Crippen MR) is 90.9 cm³/mol. The van der Waals surface area contributed by atoms with Crippen molar-refractivity contribution in [2.24, 2.45) is 0 Å². The number of carbonyl (C=O) groups excluding carboxylic acids is 1. The third kappa shape index (κ3) is 4.05. The third-order valence-corrected chi connectivity index (χ3v) is 4.61. The number of amides is 1. The first-order valence-corrected chi connectivity index (χ1v) is 8.88. The van der Waals surface area contributed by atoms with Crippen LogP contribution >= 0.6 is 11.3 Å². The maximum absolute atomic E-state index is 12.7. The van der Waals surface area contributed by atoms with Crippen LogP contribution in [0.4, 0.5) is 0 Å². The minimum atomic E-state index is 0.156. The van der Waals surface area contributed by atoms with Crippen molar-refractivity contribution in [3.63, 3.8) is 0 Å². The molecule has 0 fully saturated rings. The van der Waals surface area contributed by atoms with E-state index in [1.54, 1.807) is 11.3 Å². The van der Waals surface area contributed by atoms with Gasteiger partial charge in [-0.1, -0.05) is 19.4 Å². The summed E-state index contributed by atoms with van der Waals surface area (Å²) in [6, 6.07) is 7.80. The van der Waals surface area contributed by atoms with Gasteiger partial charge in [0, 0.05) is 13.1 Å². The predicted octanol–water partition coefficient (Wildman–Crippen LogP) is 3.85. The number of rotatable bonds is 7. The second kappa shape index (κ2) is 7.51. The Morgan fingerprint density at radius 1 is 1.22 bits per heavy atom. The topological polar surface area (TPSA) is 38.8 Å². The highest BCUT2D eigenvalue weighted by atomic mass is 32.1. The molecule has 1 aromatic carbocycles. The van der Waals surface area contributed by atoms with Crippen molar-refractivity contribution >= 4 is 17.2 Å². The Morgan fingerprint density at radius 3 is 2.87 bits per heavy atom. The van der Waals surface area contributed by atoms with Gasteiger partial charge < -0.3 is 14.4 Å². The fraction of sp³-hybridized carbons (Fsp3) is 0.389. The zero-order valence-corrected chi connectivity index (χ0v) is 14.1. The van der Waals surface area contributed by atoms with Crippen LogP contribution in [0.3, 0.4) is 0 Å². The average molecular weight is 331 g/mol. The molecule has 2 heterocycles. The van der Waals surface area contributed by atoms with Crippen LogP contribution in [0.15, 0.2) is 35.0 Å². The molecule has 1 aliphatic heterocycles. The molecule has 0 N–H and O–H groups in total. The third-order valence-electron chi connectivity index (χ3n) is 3.88. The second-order valence-electron chi connectivity index (χ2n) is 5.66. The van der Waals surface area contributed by atoms with E-state index in [1.807, 2.05) is 23.1 Å². The fourth-order valence-electron chi connectivity index (χ4n) is 2.58. The molecule has 0 radical (unpaired) electrons. The summed E-state index contributed by atoms with van der Waals surface area (Å²) in [7, 11) is 0. The Labute approximate surface area is 140 Å². The van der Waals surface area contributed by atoms with Gasteiger partial charge in [0.25, 0.3) is 0 Å². The summed E-state index contributed by atoms with van der Waals surface area (Å²) >= 11 is 1.67. The molecule has 122 valence electrons. The molecule has 0 spiro atoms. The highest BCUT2D eigenvalue weighted by molar-refractivity contribution is 7.07. The minimum absolute atomic E-state index is 0.156. The minimum Gasteiger partial charge on any atom is -0.454 e. The Hall–Kier alpha value is -2.01. The van der Waals surface area contributed by atoms with Gasteiger partial charge in [-0.05, 0) is 46.5 Å². The first-order valence-electron chi connectivity index (χ1n) is 7.93. The molecule has 1 amide bonds. The number of benzene rings is 1.